The maximum absolute atomic E-state index is 11.9. The maximum Gasteiger partial charge on any atom is 0.241 e. The first kappa shape index (κ1) is 10.2. The molecule has 0 N–H and O–H groups in total. The van der Waals surface area contributed by atoms with E-state index in [9.17, 15) is 9.32 Å². The molecule has 0 aliphatic carbocycles. The van der Waals surface area contributed by atoms with E-state index >= 15 is 0 Å². The lowest BCUT2D eigenvalue weighted by Crippen LogP contribution is -2.29. The van der Waals surface area contributed by atoms with Crippen LogP contribution >= 0.6 is 11.6 Å². The second-order valence-electron chi connectivity index (χ2n) is 3.30. The van der Waals surface area contributed by atoms with Crippen molar-refractivity contribution in [3.05, 3.63) is 23.8 Å². The summed E-state index contributed by atoms with van der Waals surface area (Å²) in [6, 6.07) is 4.75. The van der Waals surface area contributed by atoms with Crippen molar-refractivity contribution >= 4 is 23.2 Å². The van der Waals surface area contributed by atoms with Crippen LogP contribution in [0.15, 0.2) is 18.2 Å². The Morgan fingerprint density at radius 2 is 2.40 bits per heavy atom. The molecule has 0 radical (unpaired) electrons. The van der Waals surface area contributed by atoms with Gasteiger partial charge in [-0.05, 0) is 30.2 Å². The topological polar surface area (TPSA) is 29.5 Å². The molecule has 0 atom stereocenters. The molecule has 1 amide bonds. The van der Waals surface area contributed by atoms with E-state index in [1.54, 1.807) is 17.0 Å². The molecule has 0 bridgehead atoms. The lowest BCUT2D eigenvalue weighted by molar-refractivity contribution is -0.116. The monoisotopic (exact) mass is 229 g/mol. The first-order valence-electron chi connectivity index (χ1n) is 4.54. The Labute approximate surface area is 91.3 Å². The fourth-order valence-electron chi connectivity index (χ4n) is 1.76. The lowest BCUT2D eigenvalue weighted by atomic mass is 10.1. The van der Waals surface area contributed by atoms with E-state index in [0.717, 1.165) is 11.3 Å². The highest BCUT2D eigenvalue weighted by molar-refractivity contribution is 6.29. The molecule has 15 heavy (non-hydrogen) atoms. The lowest BCUT2D eigenvalue weighted by Gasteiger charge is -2.15. The molecule has 0 saturated heterocycles. The molecule has 0 saturated carbocycles. The number of hydrogen-bond acceptors (Lipinski definition) is 2. The van der Waals surface area contributed by atoms with E-state index in [1.807, 2.05) is 0 Å². The normalized spacial score (nSPS) is 13.9. The molecular formula is C10H9ClFNO2. The molecule has 80 valence electrons. The van der Waals surface area contributed by atoms with Crippen molar-refractivity contribution in [1.29, 1.82) is 0 Å². The van der Waals surface area contributed by atoms with E-state index in [-0.39, 0.29) is 17.5 Å². The summed E-state index contributed by atoms with van der Waals surface area (Å²) in [5.74, 6) is -0.0147. The number of alkyl halides is 1. The maximum atomic E-state index is 11.9. The third-order valence-electron chi connectivity index (χ3n) is 2.45. The zero-order valence-electron chi connectivity index (χ0n) is 7.87. The molecule has 0 spiro atoms. The van der Waals surface area contributed by atoms with Crippen molar-refractivity contribution in [2.75, 3.05) is 17.3 Å². The van der Waals surface area contributed by atoms with Crippen LogP contribution in [0, 0.1) is 0 Å². The van der Waals surface area contributed by atoms with Gasteiger partial charge in [0, 0.05) is 16.8 Å². The van der Waals surface area contributed by atoms with E-state index in [1.165, 1.54) is 6.07 Å². The highest BCUT2D eigenvalue weighted by Gasteiger charge is 2.24. The fraction of sp³-hybridized carbons (Fsp3) is 0.300. The van der Waals surface area contributed by atoms with Crippen LogP contribution in [0.25, 0.3) is 0 Å². The average Bonchev–Trinajstić information content (AvgIpc) is 2.70. The summed E-state index contributed by atoms with van der Waals surface area (Å²) in [6.45, 7) is 0.594. The summed E-state index contributed by atoms with van der Waals surface area (Å²) >= 11 is 5.48. The SMILES string of the molecule is O=C(CCl)N1CCc2cc(OF)ccc21. The average molecular weight is 230 g/mol. The van der Waals surface area contributed by atoms with Crippen molar-refractivity contribution in [3.8, 4) is 5.75 Å². The van der Waals surface area contributed by atoms with Gasteiger partial charge in [0.1, 0.15) is 5.88 Å². The quantitative estimate of drug-likeness (QED) is 0.727. The molecule has 1 aliphatic rings. The van der Waals surface area contributed by atoms with Crippen LogP contribution in [0.4, 0.5) is 10.2 Å². The Balaban J connectivity index is 2.32. The van der Waals surface area contributed by atoms with Gasteiger partial charge in [0.15, 0.2) is 5.75 Å². The van der Waals surface area contributed by atoms with E-state index < -0.39 is 0 Å². The van der Waals surface area contributed by atoms with Gasteiger partial charge in [-0.3, -0.25) is 9.74 Å². The molecule has 5 heteroatoms. The van der Waals surface area contributed by atoms with Crippen LogP contribution in [0.5, 0.6) is 5.75 Å². The predicted octanol–water partition coefficient (Wildman–Crippen LogP) is 2.08. The third-order valence-corrected chi connectivity index (χ3v) is 2.68. The van der Waals surface area contributed by atoms with Gasteiger partial charge in [0.25, 0.3) is 0 Å². The number of carbonyl (C=O) groups excluding carboxylic acids is 1. The Kier molecular flexibility index (Phi) is 2.77. The van der Waals surface area contributed by atoms with Gasteiger partial charge in [-0.1, -0.05) is 0 Å². The minimum atomic E-state index is -0.135. The largest absolute Gasteiger partial charge is 0.311 e. The standard InChI is InChI=1S/C10H9ClFNO2/c11-6-10(14)13-4-3-7-5-8(15-12)1-2-9(7)13/h1-2,5H,3-4,6H2. The number of benzene rings is 1. The molecular weight excluding hydrogens is 221 g/mol. The first-order valence-corrected chi connectivity index (χ1v) is 5.07. The second-order valence-corrected chi connectivity index (χ2v) is 3.56. The highest BCUT2D eigenvalue weighted by Crippen LogP contribution is 2.31. The van der Waals surface area contributed by atoms with Gasteiger partial charge >= 0.3 is 0 Å². The Hall–Kier alpha value is -1.29. The summed E-state index contributed by atoms with van der Waals surface area (Å²) in [4.78, 5) is 16.7. The second kappa shape index (κ2) is 4.06. The zero-order valence-corrected chi connectivity index (χ0v) is 8.63. The van der Waals surface area contributed by atoms with Gasteiger partial charge < -0.3 is 4.90 Å². The van der Waals surface area contributed by atoms with Crippen molar-refractivity contribution in [2.24, 2.45) is 0 Å². The van der Waals surface area contributed by atoms with Crippen molar-refractivity contribution in [3.63, 3.8) is 0 Å². The first-order chi connectivity index (χ1) is 7.26. The summed E-state index contributed by atoms with van der Waals surface area (Å²) < 4.78 is 11.9. The van der Waals surface area contributed by atoms with Gasteiger partial charge in [0.2, 0.25) is 5.91 Å². The van der Waals surface area contributed by atoms with E-state index in [4.69, 9.17) is 11.6 Å². The van der Waals surface area contributed by atoms with Gasteiger partial charge in [-0.25, -0.2) is 0 Å². The molecule has 1 aromatic rings. The number of fused-ring (bicyclic) bond motifs is 1. The van der Waals surface area contributed by atoms with Gasteiger partial charge in [0.05, 0.1) is 0 Å². The van der Waals surface area contributed by atoms with Crippen LogP contribution in [0.2, 0.25) is 0 Å². The summed E-state index contributed by atoms with van der Waals surface area (Å²) in [5, 5.41) is 0. The summed E-state index contributed by atoms with van der Waals surface area (Å²) in [5.41, 5.74) is 1.70. The molecule has 0 aromatic heterocycles. The van der Waals surface area contributed by atoms with Crippen molar-refractivity contribution < 1.29 is 14.3 Å². The smallest absolute Gasteiger partial charge is 0.241 e. The van der Waals surface area contributed by atoms with E-state index in [2.05, 4.69) is 4.94 Å². The fourth-order valence-corrected chi connectivity index (χ4v) is 1.90. The van der Waals surface area contributed by atoms with Crippen molar-refractivity contribution in [1.82, 2.24) is 0 Å². The van der Waals surface area contributed by atoms with Crippen LogP contribution in [0.3, 0.4) is 0 Å². The summed E-state index contributed by atoms with van der Waals surface area (Å²) in [6.07, 6.45) is 0.704. The number of amides is 1. The molecule has 1 heterocycles. The summed E-state index contributed by atoms with van der Waals surface area (Å²) in [7, 11) is 0. The van der Waals surface area contributed by atoms with Gasteiger partial charge in [-0.2, -0.15) is 0 Å². The van der Waals surface area contributed by atoms with Gasteiger partial charge in [-0.15, -0.1) is 11.6 Å². The highest BCUT2D eigenvalue weighted by atomic mass is 35.5. The van der Waals surface area contributed by atoms with E-state index in [0.29, 0.717) is 13.0 Å². The molecule has 2 rings (SSSR count). The molecule has 1 aliphatic heterocycles. The van der Waals surface area contributed by atoms with Crippen LogP contribution in [-0.2, 0) is 11.2 Å². The number of halogens is 2. The Morgan fingerprint density at radius 3 is 3.07 bits per heavy atom. The predicted molar refractivity (Wildman–Crippen MR) is 55.0 cm³/mol. The van der Waals surface area contributed by atoms with Crippen LogP contribution in [-0.4, -0.2) is 18.3 Å². The molecule has 0 fully saturated rings. The molecule has 3 nitrogen and oxygen atoms in total. The Morgan fingerprint density at radius 1 is 1.60 bits per heavy atom. The molecule has 0 unspecified atom stereocenters. The minimum Gasteiger partial charge on any atom is -0.311 e. The number of anilines is 1. The van der Waals surface area contributed by atoms with Crippen LogP contribution in [0.1, 0.15) is 5.56 Å². The number of rotatable bonds is 2. The Bertz CT molecular complexity index is 397. The molecule has 1 aromatic carbocycles. The zero-order chi connectivity index (χ0) is 10.8. The number of hydrogen-bond donors (Lipinski definition) is 0. The van der Waals surface area contributed by atoms with Crippen LogP contribution < -0.4 is 9.84 Å². The number of nitrogens with zero attached hydrogens (tertiary/aromatic N) is 1. The van der Waals surface area contributed by atoms with Crippen molar-refractivity contribution in [2.45, 2.75) is 6.42 Å². The number of carbonyl (C=O) groups is 1. The third kappa shape index (κ3) is 1.77. The minimum absolute atomic E-state index is 0.0409.